The molecule has 9 nitrogen and oxygen atoms in total. The van der Waals surface area contributed by atoms with Crippen LogP contribution in [0.5, 0.6) is 5.75 Å². The van der Waals surface area contributed by atoms with E-state index in [2.05, 4.69) is 29.0 Å². The van der Waals surface area contributed by atoms with E-state index in [1.165, 1.54) is 6.42 Å². The van der Waals surface area contributed by atoms with Crippen LogP contribution >= 0.6 is 11.6 Å². The zero-order chi connectivity index (χ0) is 24.9. The van der Waals surface area contributed by atoms with Gasteiger partial charge < -0.3 is 20.1 Å². The molecule has 0 unspecified atom stereocenters. The predicted molar refractivity (Wildman–Crippen MR) is 138 cm³/mol. The zero-order valence-corrected chi connectivity index (χ0v) is 21.5. The number of nitrogens with one attached hydrogen (secondary N) is 1. The fourth-order valence-electron chi connectivity index (χ4n) is 5.21. The molecule has 0 radical (unpaired) electrons. The number of hydrogen-bond donors (Lipinski definition) is 2. The Labute approximate surface area is 209 Å². The largest absolute Gasteiger partial charge is 0.489 e. The third-order valence-electron chi connectivity index (χ3n) is 6.74. The monoisotopic (exact) mass is 500 g/mol. The molecule has 188 valence electrons. The van der Waals surface area contributed by atoms with Crippen LogP contribution in [0, 0.1) is 11.8 Å². The molecule has 35 heavy (non-hydrogen) atoms. The highest BCUT2D eigenvalue weighted by Gasteiger charge is 2.26. The van der Waals surface area contributed by atoms with E-state index in [0.717, 1.165) is 29.8 Å². The van der Waals surface area contributed by atoms with Gasteiger partial charge >= 0.3 is 5.69 Å². The van der Waals surface area contributed by atoms with Crippen LogP contribution in [0.1, 0.15) is 40.5 Å². The second kappa shape index (κ2) is 9.02. The number of aromatic nitrogens is 4. The van der Waals surface area contributed by atoms with Gasteiger partial charge in [0.15, 0.2) is 5.82 Å². The Hall–Kier alpha value is -2.78. The van der Waals surface area contributed by atoms with Gasteiger partial charge in [0.05, 0.1) is 23.9 Å². The number of hydrogen-bond acceptors (Lipinski definition) is 7. The first-order valence-electron chi connectivity index (χ1n) is 12.3. The van der Waals surface area contributed by atoms with E-state index in [4.69, 9.17) is 21.3 Å². The summed E-state index contributed by atoms with van der Waals surface area (Å²) >= 11 is 6.48. The number of halogens is 1. The molecule has 0 bridgehead atoms. The first-order chi connectivity index (χ1) is 16.6. The molecule has 10 heteroatoms. The van der Waals surface area contributed by atoms with Crippen molar-refractivity contribution >= 4 is 40.1 Å². The summed E-state index contributed by atoms with van der Waals surface area (Å²) < 4.78 is 9.38. The van der Waals surface area contributed by atoms with Gasteiger partial charge in [0, 0.05) is 31.4 Å². The average Bonchev–Trinajstić information content (AvgIpc) is 3.05. The summed E-state index contributed by atoms with van der Waals surface area (Å²) in [5, 5.41) is 14.0. The maximum Gasteiger partial charge on any atom is 0.329 e. The van der Waals surface area contributed by atoms with Gasteiger partial charge in [0.2, 0.25) is 5.95 Å². The molecule has 2 atom stereocenters. The molecule has 2 aromatic heterocycles. The number of piperidine rings is 1. The van der Waals surface area contributed by atoms with E-state index in [9.17, 15) is 9.90 Å². The highest BCUT2D eigenvalue weighted by molar-refractivity contribution is 6.32. The molecule has 2 aliphatic heterocycles. The van der Waals surface area contributed by atoms with E-state index in [1.54, 1.807) is 29.2 Å². The van der Waals surface area contributed by atoms with Crippen LogP contribution in [-0.4, -0.2) is 49.5 Å². The SMILES string of the molecule is C[C@@H]1C[C@H](C)CN(c2ncc(Cl)c(Nc3cc4c5c(c3)n(CCC(C)(C)O)c(=O)n5CCO4)n2)C1. The number of anilines is 3. The Balaban J connectivity index is 1.51. The van der Waals surface area contributed by atoms with Gasteiger partial charge in [-0.05, 0) is 44.6 Å². The lowest BCUT2D eigenvalue weighted by atomic mass is 9.92. The Morgan fingerprint density at radius 3 is 2.71 bits per heavy atom. The standard InChI is InChI=1S/C25H33ClN6O3/c1-15-9-16(2)14-30(13-15)23-27-12-18(26)22(29-23)28-17-10-19-21-20(11-17)35-8-7-32(21)24(33)31(19)6-5-25(3,4)34/h10-12,15-16,34H,5-9,13-14H2,1-4H3,(H,27,28,29)/t15-,16+. The van der Waals surface area contributed by atoms with Crippen LogP contribution in [0.15, 0.2) is 23.1 Å². The van der Waals surface area contributed by atoms with Crippen molar-refractivity contribution in [2.45, 2.75) is 59.2 Å². The molecule has 1 aromatic carbocycles. The minimum Gasteiger partial charge on any atom is -0.489 e. The van der Waals surface area contributed by atoms with Crippen LogP contribution in [0.25, 0.3) is 11.0 Å². The number of aliphatic hydroxyl groups is 1. The molecule has 0 amide bonds. The van der Waals surface area contributed by atoms with Crippen molar-refractivity contribution in [2.24, 2.45) is 11.8 Å². The number of ether oxygens (including phenoxy) is 1. The quantitative estimate of drug-likeness (QED) is 0.527. The summed E-state index contributed by atoms with van der Waals surface area (Å²) in [4.78, 5) is 24.6. The molecular formula is C25H33ClN6O3. The second-order valence-electron chi connectivity index (χ2n) is 10.7. The zero-order valence-electron chi connectivity index (χ0n) is 20.7. The number of benzene rings is 1. The van der Waals surface area contributed by atoms with E-state index in [1.807, 2.05) is 12.1 Å². The van der Waals surface area contributed by atoms with E-state index < -0.39 is 5.60 Å². The van der Waals surface area contributed by atoms with E-state index in [0.29, 0.717) is 60.5 Å². The van der Waals surface area contributed by atoms with Crippen molar-refractivity contribution < 1.29 is 9.84 Å². The van der Waals surface area contributed by atoms with E-state index >= 15 is 0 Å². The molecule has 2 aliphatic rings. The molecule has 0 aliphatic carbocycles. The minimum absolute atomic E-state index is 0.0957. The van der Waals surface area contributed by atoms with Crippen molar-refractivity contribution in [1.29, 1.82) is 0 Å². The first kappa shape index (κ1) is 23.9. The van der Waals surface area contributed by atoms with Crippen LogP contribution in [0.2, 0.25) is 5.02 Å². The number of rotatable bonds is 6. The van der Waals surface area contributed by atoms with Crippen molar-refractivity contribution in [2.75, 3.05) is 29.9 Å². The van der Waals surface area contributed by atoms with Gasteiger partial charge in [-0.15, -0.1) is 0 Å². The van der Waals surface area contributed by atoms with Gasteiger partial charge in [-0.25, -0.2) is 9.78 Å². The number of nitrogens with zero attached hydrogens (tertiary/aromatic N) is 5. The first-order valence-corrected chi connectivity index (χ1v) is 12.6. The van der Waals surface area contributed by atoms with Crippen LogP contribution in [-0.2, 0) is 13.1 Å². The maximum absolute atomic E-state index is 13.1. The smallest absolute Gasteiger partial charge is 0.329 e. The average molecular weight is 501 g/mol. The summed E-state index contributed by atoms with van der Waals surface area (Å²) in [6.45, 7) is 11.1. The maximum atomic E-state index is 13.1. The Morgan fingerprint density at radius 2 is 2.00 bits per heavy atom. The van der Waals surface area contributed by atoms with Gasteiger partial charge in [0.25, 0.3) is 0 Å². The lowest BCUT2D eigenvalue weighted by molar-refractivity contribution is 0.0662. The highest BCUT2D eigenvalue weighted by Crippen LogP contribution is 2.35. The van der Waals surface area contributed by atoms with Crippen LogP contribution in [0.3, 0.4) is 0 Å². The molecular weight excluding hydrogens is 468 g/mol. The third kappa shape index (κ3) is 4.84. The van der Waals surface area contributed by atoms with Crippen molar-refractivity contribution in [3.63, 3.8) is 0 Å². The molecule has 0 spiro atoms. The molecule has 1 fully saturated rings. The van der Waals surface area contributed by atoms with Crippen LogP contribution < -0.4 is 20.6 Å². The third-order valence-corrected chi connectivity index (χ3v) is 7.02. The summed E-state index contributed by atoms with van der Waals surface area (Å²) in [6.07, 6.45) is 3.28. The molecule has 5 rings (SSSR count). The topological polar surface area (TPSA) is 97.4 Å². The number of aryl methyl sites for hydroxylation is 1. The van der Waals surface area contributed by atoms with E-state index in [-0.39, 0.29) is 5.69 Å². The summed E-state index contributed by atoms with van der Waals surface area (Å²) in [7, 11) is 0. The second-order valence-corrected chi connectivity index (χ2v) is 11.1. The van der Waals surface area contributed by atoms with Crippen LogP contribution in [0.4, 0.5) is 17.5 Å². The molecule has 1 saturated heterocycles. The van der Waals surface area contributed by atoms with Crippen molar-refractivity contribution in [3.05, 3.63) is 33.8 Å². The Bertz CT molecular complexity index is 1300. The number of imidazole rings is 1. The van der Waals surface area contributed by atoms with Gasteiger partial charge in [-0.1, -0.05) is 25.4 Å². The summed E-state index contributed by atoms with van der Waals surface area (Å²) in [5.41, 5.74) is 1.27. The molecule has 3 aromatic rings. The van der Waals surface area contributed by atoms with Crippen molar-refractivity contribution in [1.82, 2.24) is 19.1 Å². The normalized spacial score (nSPS) is 20.2. The molecule has 4 heterocycles. The highest BCUT2D eigenvalue weighted by atomic mass is 35.5. The van der Waals surface area contributed by atoms with Crippen molar-refractivity contribution in [3.8, 4) is 5.75 Å². The summed E-state index contributed by atoms with van der Waals surface area (Å²) in [5.74, 6) is 2.95. The molecule has 2 N–H and O–H groups in total. The Kier molecular flexibility index (Phi) is 6.17. The fourth-order valence-corrected chi connectivity index (χ4v) is 5.35. The van der Waals surface area contributed by atoms with Gasteiger partial charge in [-0.2, -0.15) is 4.98 Å². The van der Waals surface area contributed by atoms with Gasteiger partial charge in [-0.3, -0.25) is 9.13 Å². The minimum atomic E-state index is -0.877. The lowest BCUT2D eigenvalue weighted by Crippen LogP contribution is -2.39. The predicted octanol–water partition coefficient (Wildman–Crippen LogP) is 4.03. The van der Waals surface area contributed by atoms with Gasteiger partial charge in [0.1, 0.15) is 22.9 Å². The fraction of sp³-hybridized carbons (Fsp3) is 0.560. The molecule has 0 saturated carbocycles. The lowest BCUT2D eigenvalue weighted by Gasteiger charge is -2.35. The Morgan fingerprint density at radius 1 is 1.26 bits per heavy atom. The summed E-state index contributed by atoms with van der Waals surface area (Å²) in [6, 6.07) is 3.79.